The van der Waals surface area contributed by atoms with Crippen LogP contribution >= 0.6 is 0 Å². The van der Waals surface area contributed by atoms with Gasteiger partial charge in [0.2, 0.25) is 0 Å². The molecule has 0 heterocycles. The Hall–Kier alpha value is -1.80. The third-order valence-corrected chi connectivity index (χ3v) is 4.76. The first-order chi connectivity index (χ1) is 10.1. The molecular weight excluding hydrogens is 258 g/mol. The minimum absolute atomic E-state index is 0.0214. The van der Waals surface area contributed by atoms with E-state index < -0.39 is 0 Å². The number of benzene rings is 2. The fourth-order valence-electron chi connectivity index (χ4n) is 3.66. The zero-order valence-electron chi connectivity index (χ0n) is 12.8. The summed E-state index contributed by atoms with van der Waals surface area (Å²) in [5.41, 5.74) is 12.0. The van der Waals surface area contributed by atoms with Crippen LogP contribution in [-0.4, -0.2) is 5.11 Å². The second kappa shape index (κ2) is 5.53. The summed E-state index contributed by atoms with van der Waals surface area (Å²) in [6, 6.07) is 12.5. The van der Waals surface area contributed by atoms with Crippen molar-refractivity contribution in [3.8, 4) is 5.75 Å². The highest BCUT2D eigenvalue weighted by Gasteiger charge is 2.28. The zero-order chi connectivity index (χ0) is 15.0. The molecule has 3 N–H and O–H groups in total. The van der Waals surface area contributed by atoms with E-state index in [1.165, 1.54) is 16.7 Å². The van der Waals surface area contributed by atoms with Crippen molar-refractivity contribution in [3.05, 3.63) is 64.2 Å². The van der Waals surface area contributed by atoms with Gasteiger partial charge in [-0.05, 0) is 42.9 Å². The number of aryl methyl sites for hydroxylation is 1. The number of phenolic OH excluding ortho intramolecular Hbond substituents is 1. The molecular formula is C19H23NO. The molecule has 0 fully saturated rings. The van der Waals surface area contributed by atoms with Gasteiger partial charge < -0.3 is 10.8 Å². The molecule has 0 radical (unpaired) electrons. The Labute approximate surface area is 126 Å². The lowest BCUT2D eigenvalue weighted by Crippen LogP contribution is -2.09. The van der Waals surface area contributed by atoms with Crippen molar-refractivity contribution in [3.63, 3.8) is 0 Å². The van der Waals surface area contributed by atoms with Crippen LogP contribution in [0, 0.1) is 6.92 Å². The van der Waals surface area contributed by atoms with E-state index in [9.17, 15) is 5.11 Å². The first-order valence-electron chi connectivity index (χ1n) is 7.79. The average Bonchev–Trinajstić information content (AvgIpc) is 2.89. The number of rotatable bonds is 3. The first-order valence-corrected chi connectivity index (χ1v) is 7.79. The number of aromatic hydroxyl groups is 1. The molecule has 2 nitrogen and oxygen atoms in total. The van der Waals surface area contributed by atoms with Crippen LogP contribution in [0.25, 0.3) is 0 Å². The van der Waals surface area contributed by atoms with E-state index in [2.05, 4.69) is 44.2 Å². The van der Waals surface area contributed by atoms with Gasteiger partial charge in [-0.15, -0.1) is 0 Å². The molecule has 0 saturated carbocycles. The highest BCUT2D eigenvalue weighted by Crippen LogP contribution is 2.44. The molecule has 0 saturated heterocycles. The highest BCUT2D eigenvalue weighted by molar-refractivity contribution is 5.56. The highest BCUT2D eigenvalue weighted by atomic mass is 16.3. The van der Waals surface area contributed by atoms with Gasteiger partial charge in [-0.3, -0.25) is 0 Å². The fraction of sp³-hybridized carbons (Fsp3) is 0.368. The maximum absolute atomic E-state index is 10.8. The van der Waals surface area contributed by atoms with Gasteiger partial charge in [0.25, 0.3) is 0 Å². The van der Waals surface area contributed by atoms with Gasteiger partial charge in [-0.1, -0.05) is 43.3 Å². The lowest BCUT2D eigenvalue weighted by atomic mass is 9.85. The lowest BCUT2D eigenvalue weighted by molar-refractivity contribution is 0.452. The number of hydrogen-bond donors (Lipinski definition) is 2. The van der Waals surface area contributed by atoms with Crippen LogP contribution in [0.4, 0.5) is 0 Å². The molecule has 2 heteroatoms. The molecule has 2 unspecified atom stereocenters. The molecule has 1 aliphatic carbocycles. The van der Waals surface area contributed by atoms with Crippen molar-refractivity contribution in [2.45, 2.75) is 45.1 Å². The third kappa shape index (κ3) is 2.34. The van der Waals surface area contributed by atoms with E-state index in [1.54, 1.807) is 0 Å². The Morgan fingerprint density at radius 3 is 2.67 bits per heavy atom. The van der Waals surface area contributed by atoms with Crippen molar-refractivity contribution in [1.82, 2.24) is 0 Å². The summed E-state index contributed by atoms with van der Waals surface area (Å²) in [5.74, 6) is 0.652. The van der Waals surface area contributed by atoms with Crippen LogP contribution in [0.3, 0.4) is 0 Å². The van der Waals surface area contributed by atoms with E-state index >= 15 is 0 Å². The van der Waals surface area contributed by atoms with E-state index in [1.807, 2.05) is 6.07 Å². The summed E-state index contributed by atoms with van der Waals surface area (Å²) in [6.07, 6.45) is 2.89. The molecule has 110 valence electrons. The Morgan fingerprint density at radius 1 is 1.29 bits per heavy atom. The van der Waals surface area contributed by atoms with Gasteiger partial charge in [0.1, 0.15) is 5.75 Å². The van der Waals surface area contributed by atoms with Gasteiger partial charge in [0.05, 0.1) is 0 Å². The lowest BCUT2D eigenvalue weighted by Gasteiger charge is -2.21. The molecule has 3 rings (SSSR count). The predicted octanol–water partition coefficient (Wildman–Crippen LogP) is 4.19. The van der Waals surface area contributed by atoms with Crippen LogP contribution in [0.15, 0.2) is 36.4 Å². The van der Waals surface area contributed by atoms with E-state index in [0.29, 0.717) is 5.75 Å². The smallest absolute Gasteiger partial charge is 0.124 e. The third-order valence-electron chi connectivity index (χ3n) is 4.76. The standard InChI is InChI=1S/C19H23NO/c1-3-14(13-7-5-4-6-8-13)16-11-12(2)15-9-10-17(20)18(15)19(16)21/h4-8,11,14,17,21H,3,9-10,20H2,1-2H3. The maximum Gasteiger partial charge on any atom is 0.124 e. The second-order valence-electron chi connectivity index (χ2n) is 6.04. The summed E-state index contributed by atoms with van der Waals surface area (Å²) in [7, 11) is 0. The SMILES string of the molecule is CCC(c1ccccc1)c1cc(C)c2c(c1O)C(N)CC2. The molecule has 0 bridgehead atoms. The van der Waals surface area contributed by atoms with E-state index in [-0.39, 0.29) is 12.0 Å². The topological polar surface area (TPSA) is 46.2 Å². The van der Waals surface area contributed by atoms with Crippen molar-refractivity contribution in [1.29, 1.82) is 0 Å². The average molecular weight is 281 g/mol. The predicted molar refractivity (Wildman–Crippen MR) is 86.7 cm³/mol. The van der Waals surface area contributed by atoms with Crippen LogP contribution < -0.4 is 5.73 Å². The molecule has 1 aliphatic rings. The van der Waals surface area contributed by atoms with Crippen LogP contribution in [-0.2, 0) is 6.42 Å². The summed E-state index contributed by atoms with van der Waals surface area (Å²) >= 11 is 0. The second-order valence-corrected chi connectivity index (χ2v) is 6.04. The van der Waals surface area contributed by atoms with Crippen molar-refractivity contribution in [2.75, 3.05) is 0 Å². The Morgan fingerprint density at radius 2 is 2.00 bits per heavy atom. The molecule has 2 aromatic rings. The molecule has 2 aromatic carbocycles. The molecule has 2 atom stereocenters. The largest absolute Gasteiger partial charge is 0.507 e. The minimum Gasteiger partial charge on any atom is -0.507 e. The summed E-state index contributed by atoms with van der Waals surface area (Å²) in [5, 5.41) is 10.8. The zero-order valence-corrected chi connectivity index (χ0v) is 12.8. The number of fused-ring (bicyclic) bond motifs is 1. The molecule has 0 amide bonds. The quantitative estimate of drug-likeness (QED) is 0.886. The van der Waals surface area contributed by atoms with Crippen LogP contribution in [0.2, 0.25) is 0 Å². The minimum atomic E-state index is -0.0214. The van der Waals surface area contributed by atoms with Gasteiger partial charge in [-0.25, -0.2) is 0 Å². The molecule has 0 aliphatic heterocycles. The van der Waals surface area contributed by atoms with Crippen LogP contribution in [0.1, 0.15) is 59.5 Å². The molecule has 0 aromatic heterocycles. The Balaban J connectivity index is 2.14. The summed E-state index contributed by atoms with van der Waals surface area (Å²) in [6.45, 7) is 4.30. The van der Waals surface area contributed by atoms with Gasteiger partial charge in [0, 0.05) is 23.1 Å². The van der Waals surface area contributed by atoms with E-state index in [4.69, 9.17) is 5.73 Å². The van der Waals surface area contributed by atoms with Crippen molar-refractivity contribution in [2.24, 2.45) is 5.73 Å². The van der Waals surface area contributed by atoms with Gasteiger partial charge in [-0.2, -0.15) is 0 Å². The first kappa shape index (κ1) is 14.2. The maximum atomic E-state index is 10.8. The molecule has 0 spiro atoms. The van der Waals surface area contributed by atoms with E-state index in [0.717, 1.165) is 30.4 Å². The summed E-state index contributed by atoms with van der Waals surface area (Å²) < 4.78 is 0. The normalized spacial score (nSPS) is 18.5. The van der Waals surface area contributed by atoms with Gasteiger partial charge >= 0.3 is 0 Å². The summed E-state index contributed by atoms with van der Waals surface area (Å²) in [4.78, 5) is 0. The number of hydrogen-bond acceptors (Lipinski definition) is 2. The Kier molecular flexibility index (Phi) is 3.73. The molecule has 21 heavy (non-hydrogen) atoms. The number of phenols is 1. The van der Waals surface area contributed by atoms with Crippen molar-refractivity contribution >= 4 is 0 Å². The Bertz CT molecular complexity index is 648. The van der Waals surface area contributed by atoms with Crippen molar-refractivity contribution < 1.29 is 5.11 Å². The van der Waals surface area contributed by atoms with Gasteiger partial charge in [0.15, 0.2) is 0 Å². The fourth-order valence-corrected chi connectivity index (χ4v) is 3.66. The monoisotopic (exact) mass is 281 g/mol. The van der Waals surface area contributed by atoms with Crippen LogP contribution in [0.5, 0.6) is 5.75 Å². The number of nitrogens with two attached hydrogens (primary N) is 1.